The second-order valence-electron chi connectivity index (χ2n) is 7.96. The van der Waals surface area contributed by atoms with Gasteiger partial charge in [0, 0.05) is 18.8 Å². The molecule has 0 radical (unpaired) electrons. The Bertz CT molecular complexity index is 638. The van der Waals surface area contributed by atoms with E-state index >= 15 is 0 Å². The van der Waals surface area contributed by atoms with Gasteiger partial charge in [-0.2, -0.15) is 0 Å². The van der Waals surface area contributed by atoms with Crippen molar-refractivity contribution in [1.29, 1.82) is 0 Å². The lowest BCUT2D eigenvalue weighted by Gasteiger charge is -2.17. The van der Waals surface area contributed by atoms with Crippen LogP contribution in [0, 0.1) is 17.8 Å². The van der Waals surface area contributed by atoms with E-state index in [-0.39, 0.29) is 30.1 Å². The van der Waals surface area contributed by atoms with Crippen molar-refractivity contribution in [3.63, 3.8) is 0 Å². The summed E-state index contributed by atoms with van der Waals surface area (Å²) in [6, 6.07) is 0. The SMILES string of the molecule is CCCCC(C)[C@H](O)C=C[C@H]1C=CC(=O)[C@@H]1CC=CCCCCOC(=O)NC(C)=O. The number of amides is 2. The van der Waals surface area contributed by atoms with Crippen LogP contribution in [0.15, 0.2) is 36.5 Å². The molecule has 6 nitrogen and oxygen atoms in total. The van der Waals surface area contributed by atoms with Crippen molar-refractivity contribution in [3.8, 4) is 0 Å². The third kappa shape index (κ3) is 10.5. The zero-order valence-electron chi connectivity index (χ0n) is 18.5. The molecule has 2 N–H and O–H groups in total. The minimum absolute atomic E-state index is 0.0309. The number of hydrogen-bond acceptors (Lipinski definition) is 5. The van der Waals surface area contributed by atoms with Crippen molar-refractivity contribution in [1.82, 2.24) is 5.32 Å². The lowest BCUT2D eigenvalue weighted by atomic mass is 9.89. The Labute approximate surface area is 180 Å². The number of carbonyl (C=O) groups is 3. The molecule has 0 saturated carbocycles. The average molecular weight is 420 g/mol. The molecule has 0 aromatic heterocycles. The molecular weight excluding hydrogens is 382 g/mol. The molecule has 30 heavy (non-hydrogen) atoms. The number of ether oxygens (including phenoxy) is 1. The molecule has 0 bridgehead atoms. The van der Waals surface area contributed by atoms with Gasteiger partial charge in [-0.15, -0.1) is 0 Å². The van der Waals surface area contributed by atoms with E-state index in [1.54, 1.807) is 6.08 Å². The number of rotatable bonds is 13. The maximum atomic E-state index is 12.2. The quantitative estimate of drug-likeness (QED) is 0.339. The summed E-state index contributed by atoms with van der Waals surface area (Å²) in [6.07, 6.45) is 16.5. The van der Waals surface area contributed by atoms with Gasteiger partial charge in [-0.3, -0.25) is 14.9 Å². The fraction of sp³-hybridized carbons (Fsp3) is 0.625. The van der Waals surface area contributed by atoms with E-state index in [1.165, 1.54) is 6.92 Å². The number of unbranched alkanes of at least 4 members (excludes halogenated alkanes) is 3. The summed E-state index contributed by atoms with van der Waals surface area (Å²) in [6.45, 7) is 5.73. The first kappa shape index (κ1) is 25.8. The number of alkyl carbamates (subject to hydrolysis) is 1. The predicted octanol–water partition coefficient (Wildman–Crippen LogP) is 4.49. The minimum Gasteiger partial charge on any atom is -0.449 e. The lowest BCUT2D eigenvalue weighted by Crippen LogP contribution is -2.28. The van der Waals surface area contributed by atoms with Gasteiger partial charge in [0.1, 0.15) is 0 Å². The van der Waals surface area contributed by atoms with Crippen LogP contribution in [0.4, 0.5) is 4.79 Å². The Morgan fingerprint density at radius 2 is 2.03 bits per heavy atom. The zero-order valence-corrected chi connectivity index (χ0v) is 18.5. The number of imide groups is 1. The summed E-state index contributed by atoms with van der Waals surface area (Å²) in [5.41, 5.74) is 0. The van der Waals surface area contributed by atoms with Gasteiger partial charge in [-0.05, 0) is 44.1 Å². The number of hydrogen-bond donors (Lipinski definition) is 2. The van der Waals surface area contributed by atoms with Crippen molar-refractivity contribution >= 4 is 17.8 Å². The number of ketones is 1. The van der Waals surface area contributed by atoms with Gasteiger partial charge >= 0.3 is 6.09 Å². The van der Waals surface area contributed by atoms with Crippen LogP contribution < -0.4 is 5.32 Å². The summed E-state index contributed by atoms with van der Waals surface area (Å²) < 4.78 is 4.88. The van der Waals surface area contributed by atoms with E-state index in [0.717, 1.165) is 32.1 Å². The normalized spacial score (nSPS) is 20.7. The van der Waals surface area contributed by atoms with Gasteiger partial charge in [0.15, 0.2) is 5.78 Å². The molecule has 0 spiro atoms. The molecule has 1 unspecified atom stereocenters. The highest BCUT2D eigenvalue weighted by atomic mass is 16.5. The maximum Gasteiger partial charge on any atom is 0.413 e. The Hall–Kier alpha value is -2.21. The Morgan fingerprint density at radius 1 is 1.27 bits per heavy atom. The molecule has 0 heterocycles. The van der Waals surface area contributed by atoms with Crippen molar-refractivity contribution < 1.29 is 24.2 Å². The molecular formula is C24H37NO5. The molecule has 168 valence electrons. The third-order valence-electron chi connectivity index (χ3n) is 5.27. The molecule has 0 fully saturated rings. The highest BCUT2D eigenvalue weighted by Gasteiger charge is 2.27. The summed E-state index contributed by atoms with van der Waals surface area (Å²) in [5, 5.41) is 12.3. The van der Waals surface area contributed by atoms with E-state index in [0.29, 0.717) is 12.8 Å². The number of aliphatic hydroxyl groups excluding tert-OH is 1. The van der Waals surface area contributed by atoms with Gasteiger partial charge in [-0.1, -0.05) is 57.1 Å². The van der Waals surface area contributed by atoms with Crippen LogP contribution >= 0.6 is 0 Å². The Kier molecular flexibility index (Phi) is 12.7. The first-order valence-electron chi connectivity index (χ1n) is 11.0. The first-order valence-corrected chi connectivity index (χ1v) is 11.0. The van der Waals surface area contributed by atoms with Crippen molar-refractivity contribution in [3.05, 3.63) is 36.5 Å². The van der Waals surface area contributed by atoms with Crippen LogP contribution in [-0.4, -0.2) is 35.6 Å². The monoisotopic (exact) mass is 419 g/mol. The van der Waals surface area contributed by atoms with Gasteiger partial charge < -0.3 is 9.84 Å². The van der Waals surface area contributed by atoms with Crippen LogP contribution in [0.1, 0.15) is 65.7 Å². The van der Waals surface area contributed by atoms with E-state index in [9.17, 15) is 19.5 Å². The van der Waals surface area contributed by atoms with Gasteiger partial charge in [0.25, 0.3) is 0 Å². The molecule has 1 aliphatic carbocycles. The smallest absolute Gasteiger partial charge is 0.413 e. The van der Waals surface area contributed by atoms with Crippen molar-refractivity contribution in [2.75, 3.05) is 6.61 Å². The molecule has 1 rings (SSSR count). The second kappa shape index (κ2) is 14.7. The fourth-order valence-corrected chi connectivity index (χ4v) is 3.32. The zero-order chi connectivity index (χ0) is 22.4. The van der Waals surface area contributed by atoms with Crippen LogP contribution in [0.5, 0.6) is 0 Å². The van der Waals surface area contributed by atoms with E-state index in [4.69, 9.17) is 4.74 Å². The molecule has 4 atom stereocenters. The molecule has 0 aromatic rings. The largest absolute Gasteiger partial charge is 0.449 e. The standard InChI is InChI=1S/C24H37NO5/c1-4-5-11-18(2)22(27)15-13-20-14-16-23(28)21(20)12-9-7-6-8-10-17-30-24(29)25-19(3)26/h7,9,13-16,18,20-22,27H,4-6,8,10-12,17H2,1-3H3,(H,25,26,29)/t18?,20-,21+,22+/m0/s1. The lowest BCUT2D eigenvalue weighted by molar-refractivity contribution is -0.119. The molecule has 6 heteroatoms. The van der Waals surface area contributed by atoms with E-state index < -0.39 is 18.1 Å². The average Bonchev–Trinajstić information content (AvgIpc) is 3.05. The summed E-state index contributed by atoms with van der Waals surface area (Å²) in [5.74, 6) is -0.156. The summed E-state index contributed by atoms with van der Waals surface area (Å²) in [7, 11) is 0. The number of carbonyl (C=O) groups excluding carboxylic acids is 3. The Balaban J connectivity index is 2.30. The number of aliphatic hydroxyl groups is 1. The van der Waals surface area contributed by atoms with Crippen LogP contribution in [0.25, 0.3) is 0 Å². The minimum atomic E-state index is -0.714. The van der Waals surface area contributed by atoms with Crippen molar-refractivity contribution in [2.45, 2.75) is 71.8 Å². The molecule has 1 aliphatic rings. The van der Waals surface area contributed by atoms with E-state index in [1.807, 2.05) is 30.4 Å². The third-order valence-corrected chi connectivity index (χ3v) is 5.27. The van der Waals surface area contributed by atoms with Crippen LogP contribution in [-0.2, 0) is 14.3 Å². The maximum absolute atomic E-state index is 12.2. The number of allylic oxidation sites excluding steroid dienone is 5. The number of nitrogens with one attached hydrogen (secondary N) is 1. The van der Waals surface area contributed by atoms with Crippen LogP contribution in [0.3, 0.4) is 0 Å². The van der Waals surface area contributed by atoms with Gasteiger partial charge in [0.05, 0.1) is 12.7 Å². The topological polar surface area (TPSA) is 92.7 Å². The second-order valence-corrected chi connectivity index (χ2v) is 7.96. The predicted molar refractivity (Wildman–Crippen MR) is 118 cm³/mol. The first-order chi connectivity index (χ1) is 14.3. The molecule has 0 aliphatic heterocycles. The molecule has 0 saturated heterocycles. The highest BCUT2D eigenvalue weighted by molar-refractivity contribution is 5.95. The van der Waals surface area contributed by atoms with Gasteiger partial charge in [-0.25, -0.2) is 4.79 Å². The highest BCUT2D eigenvalue weighted by Crippen LogP contribution is 2.28. The van der Waals surface area contributed by atoms with Crippen molar-refractivity contribution in [2.24, 2.45) is 17.8 Å². The summed E-state index contributed by atoms with van der Waals surface area (Å²) in [4.78, 5) is 34.0. The van der Waals surface area contributed by atoms with Crippen LogP contribution in [0.2, 0.25) is 0 Å². The van der Waals surface area contributed by atoms with E-state index in [2.05, 4.69) is 19.2 Å². The fourth-order valence-electron chi connectivity index (χ4n) is 3.32. The molecule has 2 amide bonds. The Morgan fingerprint density at radius 3 is 2.73 bits per heavy atom. The summed E-state index contributed by atoms with van der Waals surface area (Å²) >= 11 is 0. The molecule has 0 aromatic carbocycles. The van der Waals surface area contributed by atoms with Gasteiger partial charge in [0.2, 0.25) is 5.91 Å².